The number of hydrogen-bond acceptors (Lipinski definition) is 5. The molecule has 0 atom stereocenters. The SMILES string of the molecule is Cc1ccc(NC(=O)CCCN(C)S(=O)(=O)c2ccc3c(c2)C(=O)c2ccccc2C3=O)c(C)c1. The van der Waals surface area contributed by atoms with E-state index in [4.69, 9.17) is 0 Å². The lowest BCUT2D eigenvalue weighted by molar-refractivity contribution is -0.116. The maximum Gasteiger partial charge on any atom is 0.242 e. The zero-order chi connectivity index (χ0) is 25.3. The summed E-state index contributed by atoms with van der Waals surface area (Å²) in [5.74, 6) is -0.875. The van der Waals surface area contributed by atoms with E-state index in [1.165, 1.54) is 25.2 Å². The van der Waals surface area contributed by atoms with Crippen LogP contribution in [0.25, 0.3) is 0 Å². The zero-order valence-electron chi connectivity index (χ0n) is 19.8. The number of rotatable bonds is 7. The topological polar surface area (TPSA) is 101 Å². The average Bonchev–Trinajstić information content (AvgIpc) is 2.84. The minimum atomic E-state index is -3.92. The van der Waals surface area contributed by atoms with Crippen LogP contribution in [0.2, 0.25) is 0 Å². The summed E-state index contributed by atoms with van der Waals surface area (Å²) in [6, 6.07) is 16.3. The van der Waals surface area contributed by atoms with E-state index in [-0.39, 0.29) is 52.0 Å². The maximum atomic E-state index is 13.1. The number of sulfonamides is 1. The Labute approximate surface area is 204 Å². The van der Waals surface area contributed by atoms with Crippen molar-refractivity contribution in [1.29, 1.82) is 0 Å². The lowest BCUT2D eigenvalue weighted by Gasteiger charge is -2.20. The molecule has 1 N–H and O–H groups in total. The van der Waals surface area contributed by atoms with Crippen LogP contribution in [0, 0.1) is 13.8 Å². The molecule has 1 aliphatic carbocycles. The van der Waals surface area contributed by atoms with E-state index in [0.717, 1.165) is 21.1 Å². The number of hydrogen-bond donors (Lipinski definition) is 1. The van der Waals surface area contributed by atoms with Crippen LogP contribution < -0.4 is 5.32 Å². The molecule has 0 bridgehead atoms. The Morgan fingerprint density at radius 3 is 2.14 bits per heavy atom. The van der Waals surface area contributed by atoms with Crippen LogP contribution in [0.4, 0.5) is 5.69 Å². The molecule has 180 valence electrons. The third-order valence-corrected chi connectivity index (χ3v) is 7.99. The average molecular weight is 491 g/mol. The van der Waals surface area contributed by atoms with E-state index >= 15 is 0 Å². The molecular weight excluding hydrogens is 464 g/mol. The van der Waals surface area contributed by atoms with E-state index < -0.39 is 10.0 Å². The highest BCUT2D eigenvalue weighted by molar-refractivity contribution is 7.89. The molecule has 0 unspecified atom stereocenters. The monoisotopic (exact) mass is 490 g/mol. The lowest BCUT2D eigenvalue weighted by Crippen LogP contribution is -2.29. The van der Waals surface area contributed by atoms with Crippen molar-refractivity contribution in [2.24, 2.45) is 0 Å². The molecule has 35 heavy (non-hydrogen) atoms. The molecular formula is C27H26N2O5S. The van der Waals surface area contributed by atoms with Crippen LogP contribution in [0.5, 0.6) is 0 Å². The normalized spacial score (nSPS) is 12.9. The molecule has 8 heteroatoms. The number of ketones is 2. The van der Waals surface area contributed by atoms with Crippen molar-refractivity contribution < 1.29 is 22.8 Å². The van der Waals surface area contributed by atoms with Gasteiger partial charge in [-0.05, 0) is 50.1 Å². The summed E-state index contributed by atoms with van der Waals surface area (Å²) in [6.45, 7) is 4.01. The predicted octanol–water partition coefficient (Wildman–Crippen LogP) is 4.12. The fourth-order valence-corrected chi connectivity index (χ4v) is 5.40. The van der Waals surface area contributed by atoms with E-state index in [0.29, 0.717) is 12.0 Å². The van der Waals surface area contributed by atoms with Gasteiger partial charge in [-0.1, -0.05) is 42.0 Å². The molecule has 4 rings (SSSR count). The predicted molar refractivity (Wildman–Crippen MR) is 133 cm³/mol. The van der Waals surface area contributed by atoms with Crippen molar-refractivity contribution in [2.75, 3.05) is 18.9 Å². The standard InChI is InChI=1S/C27H26N2O5S/c1-17-10-13-24(18(2)15-17)28-25(30)9-6-14-29(3)35(33,34)19-11-12-22-23(16-19)27(32)21-8-5-4-7-20(21)26(22)31/h4-5,7-8,10-13,15-16H,6,9,14H2,1-3H3,(H,28,30). The third-order valence-electron chi connectivity index (χ3n) is 6.14. The van der Waals surface area contributed by atoms with E-state index in [1.54, 1.807) is 24.3 Å². The van der Waals surface area contributed by atoms with Crippen LogP contribution in [0.1, 0.15) is 55.8 Å². The highest BCUT2D eigenvalue weighted by Gasteiger charge is 2.31. The summed E-state index contributed by atoms with van der Waals surface area (Å²) in [6.07, 6.45) is 0.476. The third kappa shape index (κ3) is 4.80. The Bertz CT molecular complexity index is 1460. The van der Waals surface area contributed by atoms with Crippen molar-refractivity contribution in [1.82, 2.24) is 4.31 Å². The second-order valence-corrected chi connectivity index (χ2v) is 10.8. The Hall–Kier alpha value is -3.62. The second-order valence-electron chi connectivity index (χ2n) is 8.71. The number of nitrogens with one attached hydrogen (secondary N) is 1. The summed E-state index contributed by atoms with van der Waals surface area (Å²) in [5.41, 5.74) is 3.65. The van der Waals surface area contributed by atoms with Gasteiger partial charge in [-0.3, -0.25) is 14.4 Å². The number of anilines is 1. The molecule has 0 saturated carbocycles. The van der Waals surface area contributed by atoms with Crippen molar-refractivity contribution in [3.8, 4) is 0 Å². The van der Waals surface area contributed by atoms with Crippen LogP contribution in [-0.2, 0) is 14.8 Å². The van der Waals surface area contributed by atoms with E-state index in [2.05, 4.69) is 5.32 Å². The number of carbonyl (C=O) groups excluding carboxylic acids is 3. The molecule has 0 aromatic heterocycles. The highest BCUT2D eigenvalue weighted by atomic mass is 32.2. The molecule has 7 nitrogen and oxygen atoms in total. The van der Waals surface area contributed by atoms with Crippen molar-refractivity contribution >= 4 is 33.2 Å². The van der Waals surface area contributed by atoms with Gasteiger partial charge in [-0.25, -0.2) is 12.7 Å². The Morgan fingerprint density at radius 2 is 1.49 bits per heavy atom. The van der Waals surface area contributed by atoms with Gasteiger partial charge in [0.2, 0.25) is 15.9 Å². The van der Waals surface area contributed by atoms with Gasteiger partial charge in [0.15, 0.2) is 11.6 Å². The molecule has 0 radical (unpaired) electrons. The first-order valence-corrected chi connectivity index (χ1v) is 12.7. The van der Waals surface area contributed by atoms with Crippen LogP contribution in [-0.4, -0.2) is 43.8 Å². The first-order valence-electron chi connectivity index (χ1n) is 11.3. The largest absolute Gasteiger partial charge is 0.326 e. The maximum absolute atomic E-state index is 13.1. The van der Waals surface area contributed by atoms with E-state index in [1.807, 2.05) is 32.0 Å². The van der Waals surface area contributed by atoms with Gasteiger partial charge in [0.25, 0.3) is 0 Å². The second kappa shape index (κ2) is 9.56. The number of amides is 1. The minimum absolute atomic E-state index is 0.0704. The van der Waals surface area contributed by atoms with Gasteiger partial charge in [0.1, 0.15) is 0 Å². The zero-order valence-corrected chi connectivity index (χ0v) is 20.6. The number of benzene rings is 3. The van der Waals surface area contributed by atoms with Crippen LogP contribution in [0.3, 0.4) is 0 Å². The Kier molecular flexibility index (Phi) is 6.69. The van der Waals surface area contributed by atoms with Gasteiger partial charge >= 0.3 is 0 Å². The first-order chi connectivity index (χ1) is 16.6. The summed E-state index contributed by atoms with van der Waals surface area (Å²) < 4.78 is 27.4. The quantitative estimate of drug-likeness (QED) is 0.420. The Morgan fingerprint density at radius 1 is 0.857 bits per heavy atom. The molecule has 1 amide bonds. The molecule has 0 spiro atoms. The number of aryl methyl sites for hydroxylation is 2. The molecule has 0 heterocycles. The van der Waals surface area contributed by atoms with Gasteiger partial charge in [-0.2, -0.15) is 0 Å². The minimum Gasteiger partial charge on any atom is -0.326 e. The summed E-state index contributed by atoms with van der Waals surface area (Å²) >= 11 is 0. The number of fused-ring (bicyclic) bond motifs is 2. The molecule has 1 aliphatic rings. The van der Waals surface area contributed by atoms with Gasteiger partial charge in [-0.15, -0.1) is 0 Å². The van der Waals surface area contributed by atoms with Gasteiger partial charge in [0.05, 0.1) is 4.90 Å². The van der Waals surface area contributed by atoms with Crippen molar-refractivity contribution in [3.63, 3.8) is 0 Å². The first kappa shape index (κ1) is 24.5. The fourth-order valence-electron chi connectivity index (χ4n) is 4.17. The van der Waals surface area contributed by atoms with E-state index in [9.17, 15) is 22.8 Å². The van der Waals surface area contributed by atoms with Crippen molar-refractivity contribution in [3.05, 3.63) is 94.0 Å². The smallest absolute Gasteiger partial charge is 0.242 e. The molecule has 3 aromatic rings. The highest BCUT2D eigenvalue weighted by Crippen LogP contribution is 2.29. The summed E-state index contributed by atoms with van der Waals surface area (Å²) in [7, 11) is -2.49. The van der Waals surface area contributed by atoms with Crippen LogP contribution >= 0.6 is 0 Å². The molecule has 0 saturated heterocycles. The van der Waals surface area contributed by atoms with Crippen molar-refractivity contribution in [2.45, 2.75) is 31.6 Å². The van der Waals surface area contributed by atoms with Gasteiger partial charge < -0.3 is 5.32 Å². The Balaban J connectivity index is 1.43. The molecule has 3 aromatic carbocycles. The summed E-state index contributed by atoms with van der Waals surface area (Å²) in [5, 5.41) is 2.86. The van der Waals surface area contributed by atoms with Crippen LogP contribution in [0.15, 0.2) is 65.6 Å². The van der Waals surface area contributed by atoms with Gasteiger partial charge in [0, 0.05) is 48.0 Å². The summed E-state index contributed by atoms with van der Waals surface area (Å²) in [4.78, 5) is 38.0. The lowest BCUT2D eigenvalue weighted by atomic mass is 9.84. The number of carbonyl (C=O) groups is 3. The fraction of sp³-hybridized carbons (Fsp3) is 0.222. The number of nitrogens with zero attached hydrogens (tertiary/aromatic N) is 1. The molecule has 0 aliphatic heterocycles. The molecule has 0 fully saturated rings.